The second-order valence-corrected chi connectivity index (χ2v) is 4.99. The molecule has 0 aromatic carbocycles. The molecule has 1 unspecified atom stereocenters. The summed E-state index contributed by atoms with van der Waals surface area (Å²) in [7, 11) is 0. The number of rotatable bonds is 5. The second kappa shape index (κ2) is 4.43. The summed E-state index contributed by atoms with van der Waals surface area (Å²) in [5.41, 5.74) is -0.370. The summed E-state index contributed by atoms with van der Waals surface area (Å²) in [5.74, 6) is 0.735. The van der Waals surface area contributed by atoms with Crippen molar-refractivity contribution in [3.05, 3.63) is 0 Å². The molecule has 2 nitrogen and oxygen atoms in total. The molecule has 1 rings (SSSR count). The molecule has 0 aromatic rings. The van der Waals surface area contributed by atoms with Crippen LogP contribution in [0.25, 0.3) is 0 Å². The Bertz CT molecular complexity index is 152. The lowest BCUT2D eigenvalue weighted by atomic mass is 9.80. The van der Waals surface area contributed by atoms with Gasteiger partial charge in [0.1, 0.15) is 0 Å². The number of nitrogens with one attached hydrogen (secondary N) is 1. The third kappa shape index (κ3) is 3.65. The van der Waals surface area contributed by atoms with Crippen LogP contribution in [0.2, 0.25) is 0 Å². The normalized spacial score (nSPS) is 22.8. The molecule has 0 aliphatic heterocycles. The first-order valence-electron chi connectivity index (χ1n) is 5.48. The zero-order valence-corrected chi connectivity index (χ0v) is 9.14. The van der Waals surface area contributed by atoms with Gasteiger partial charge in [0.25, 0.3) is 0 Å². The van der Waals surface area contributed by atoms with E-state index in [2.05, 4.69) is 26.1 Å². The highest BCUT2D eigenvalue weighted by atomic mass is 16.3. The summed E-state index contributed by atoms with van der Waals surface area (Å²) >= 11 is 0. The van der Waals surface area contributed by atoms with Crippen molar-refractivity contribution in [3.63, 3.8) is 0 Å². The van der Waals surface area contributed by atoms with E-state index in [0.717, 1.165) is 25.3 Å². The fraction of sp³-hybridized carbons (Fsp3) is 1.00. The van der Waals surface area contributed by atoms with Crippen LogP contribution in [0, 0.1) is 5.92 Å². The van der Waals surface area contributed by atoms with Gasteiger partial charge in [-0.15, -0.1) is 0 Å². The van der Waals surface area contributed by atoms with E-state index in [1.807, 2.05) is 0 Å². The molecule has 13 heavy (non-hydrogen) atoms. The monoisotopic (exact) mass is 185 g/mol. The van der Waals surface area contributed by atoms with Crippen LogP contribution in [0.3, 0.4) is 0 Å². The molecule has 1 aliphatic rings. The van der Waals surface area contributed by atoms with Gasteiger partial charge in [-0.2, -0.15) is 0 Å². The highest BCUT2D eigenvalue weighted by Crippen LogP contribution is 2.30. The SMILES string of the molecule is CC(C)CC(C)NCC1(O)CCC1. The van der Waals surface area contributed by atoms with Crippen molar-refractivity contribution in [2.24, 2.45) is 5.92 Å². The molecule has 0 spiro atoms. The van der Waals surface area contributed by atoms with Crippen molar-refractivity contribution >= 4 is 0 Å². The minimum absolute atomic E-state index is 0.370. The molecular formula is C11H23NO. The molecule has 0 heterocycles. The van der Waals surface area contributed by atoms with Gasteiger partial charge in [-0.3, -0.25) is 0 Å². The lowest BCUT2D eigenvalue weighted by Gasteiger charge is -2.37. The van der Waals surface area contributed by atoms with Gasteiger partial charge in [0, 0.05) is 12.6 Å². The molecule has 2 N–H and O–H groups in total. The van der Waals surface area contributed by atoms with E-state index in [1.165, 1.54) is 12.8 Å². The standard InChI is InChI=1S/C11H23NO/c1-9(2)7-10(3)12-8-11(13)5-4-6-11/h9-10,12-13H,4-8H2,1-3H3. The van der Waals surface area contributed by atoms with Gasteiger partial charge in [0.05, 0.1) is 5.60 Å². The summed E-state index contributed by atoms with van der Waals surface area (Å²) < 4.78 is 0. The summed E-state index contributed by atoms with van der Waals surface area (Å²) in [4.78, 5) is 0. The van der Waals surface area contributed by atoms with Crippen LogP contribution in [-0.4, -0.2) is 23.3 Å². The van der Waals surface area contributed by atoms with Crippen LogP contribution in [0.15, 0.2) is 0 Å². The first-order chi connectivity index (χ1) is 6.02. The van der Waals surface area contributed by atoms with E-state index in [1.54, 1.807) is 0 Å². The molecule has 1 aliphatic carbocycles. The maximum atomic E-state index is 9.83. The van der Waals surface area contributed by atoms with Crippen molar-refractivity contribution < 1.29 is 5.11 Å². The number of aliphatic hydroxyl groups is 1. The van der Waals surface area contributed by atoms with Gasteiger partial charge in [-0.05, 0) is 38.5 Å². The molecule has 0 aromatic heterocycles. The minimum atomic E-state index is -0.370. The molecule has 0 radical (unpaired) electrons. The largest absolute Gasteiger partial charge is 0.389 e. The van der Waals surface area contributed by atoms with Crippen LogP contribution in [0.5, 0.6) is 0 Å². The average Bonchev–Trinajstić information content (AvgIpc) is 1.96. The predicted octanol–water partition coefficient (Wildman–Crippen LogP) is 1.93. The smallest absolute Gasteiger partial charge is 0.0771 e. The summed E-state index contributed by atoms with van der Waals surface area (Å²) in [5, 5.41) is 13.2. The van der Waals surface area contributed by atoms with Gasteiger partial charge in [-0.1, -0.05) is 13.8 Å². The second-order valence-electron chi connectivity index (χ2n) is 4.99. The Morgan fingerprint density at radius 3 is 2.31 bits per heavy atom. The molecule has 2 heteroatoms. The Morgan fingerprint density at radius 2 is 1.92 bits per heavy atom. The Hall–Kier alpha value is -0.0800. The topological polar surface area (TPSA) is 32.3 Å². The van der Waals surface area contributed by atoms with Crippen LogP contribution >= 0.6 is 0 Å². The van der Waals surface area contributed by atoms with Crippen molar-refractivity contribution in [3.8, 4) is 0 Å². The van der Waals surface area contributed by atoms with Crippen LogP contribution < -0.4 is 5.32 Å². The maximum Gasteiger partial charge on any atom is 0.0771 e. The molecule has 78 valence electrons. The first kappa shape index (κ1) is 11.0. The molecule has 0 amide bonds. The fourth-order valence-corrected chi connectivity index (χ4v) is 1.92. The van der Waals surface area contributed by atoms with Crippen molar-refractivity contribution in [1.82, 2.24) is 5.32 Å². The summed E-state index contributed by atoms with van der Waals surface area (Å²) in [6, 6.07) is 0.532. The van der Waals surface area contributed by atoms with Crippen LogP contribution in [-0.2, 0) is 0 Å². The third-order valence-electron chi connectivity index (χ3n) is 2.89. The van der Waals surface area contributed by atoms with Gasteiger partial charge < -0.3 is 10.4 Å². The quantitative estimate of drug-likeness (QED) is 0.686. The van der Waals surface area contributed by atoms with Gasteiger partial charge >= 0.3 is 0 Å². The Labute approximate surface area is 81.7 Å². The number of hydrogen-bond donors (Lipinski definition) is 2. The zero-order valence-electron chi connectivity index (χ0n) is 9.14. The minimum Gasteiger partial charge on any atom is -0.389 e. The summed E-state index contributed by atoms with van der Waals surface area (Å²) in [6.45, 7) is 7.44. The van der Waals surface area contributed by atoms with E-state index < -0.39 is 0 Å². The van der Waals surface area contributed by atoms with Crippen LogP contribution in [0.1, 0.15) is 46.5 Å². The predicted molar refractivity (Wildman–Crippen MR) is 55.7 cm³/mol. The maximum absolute atomic E-state index is 9.83. The highest BCUT2D eigenvalue weighted by molar-refractivity contribution is 4.90. The lowest BCUT2D eigenvalue weighted by Crippen LogP contribution is -2.48. The summed E-state index contributed by atoms with van der Waals surface area (Å²) in [6.07, 6.45) is 4.34. The van der Waals surface area contributed by atoms with Crippen molar-refractivity contribution in [2.75, 3.05) is 6.54 Å². The van der Waals surface area contributed by atoms with Crippen molar-refractivity contribution in [2.45, 2.75) is 58.1 Å². The van der Waals surface area contributed by atoms with E-state index >= 15 is 0 Å². The third-order valence-corrected chi connectivity index (χ3v) is 2.89. The Balaban J connectivity index is 2.10. The Kier molecular flexibility index (Phi) is 3.74. The van der Waals surface area contributed by atoms with E-state index in [9.17, 15) is 5.11 Å². The van der Waals surface area contributed by atoms with Crippen LogP contribution in [0.4, 0.5) is 0 Å². The van der Waals surface area contributed by atoms with E-state index in [0.29, 0.717) is 6.04 Å². The molecular weight excluding hydrogens is 162 g/mol. The molecule has 1 atom stereocenters. The molecule has 0 saturated heterocycles. The lowest BCUT2D eigenvalue weighted by molar-refractivity contribution is -0.0332. The number of hydrogen-bond acceptors (Lipinski definition) is 2. The van der Waals surface area contributed by atoms with E-state index in [-0.39, 0.29) is 5.60 Å². The molecule has 0 bridgehead atoms. The highest BCUT2D eigenvalue weighted by Gasteiger charge is 2.34. The van der Waals surface area contributed by atoms with Gasteiger partial charge in [-0.25, -0.2) is 0 Å². The Morgan fingerprint density at radius 1 is 1.31 bits per heavy atom. The van der Waals surface area contributed by atoms with Gasteiger partial charge in [0.15, 0.2) is 0 Å². The molecule has 1 fully saturated rings. The van der Waals surface area contributed by atoms with Crippen molar-refractivity contribution in [1.29, 1.82) is 0 Å². The van der Waals surface area contributed by atoms with Gasteiger partial charge in [0.2, 0.25) is 0 Å². The first-order valence-corrected chi connectivity index (χ1v) is 5.48. The molecule has 1 saturated carbocycles. The fourth-order valence-electron chi connectivity index (χ4n) is 1.92. The van der Waals surface area contributed by atoms with E-state index in [4.69, 9.17) is 0 Å². The average molecular weight is 185 g/mol. The zero-order chi connectivity index (χ0) is 9.90.